The lowest BCUT2D eigenvalue weighted by Gasteiger charge is -2.14. The first kappa shape index (κ1) is 92.3. The van der Waals surface area contributed by atoms with Crippen LogP contribution in [0.2, 0.25) is 0 Å². The molecule has 696 valence electrons. The lowest BCUT2D eigenvalue weighted by molar-refractivity contribution is 1.07. The van der Waals surface area contributed by atoms with Crippen molar-refractivity contribution >= 4 is 0 Å². The van der Waals surface area contributed by atoms with Crippen LogP contribution in [0.5, 0.6) is 0 Å². The standard InChI is InChI=1S/C45H32N4.2C44H31N5/c1-31-9-8-14-43(48-31)37-21-17-33(18-22-37)39-25-38(32-15-19-36(20-16-32)42-23-24-46-30-47-42)26-40(27-39)41-28-44(34-10-4-2-5-11-34)49-45(29-41)35-12-6-3-7-13-35;1-30-11-10-17-41(46-30)34-24-20-32(21-25-34)38-27-37(31-18-22-33(23-19-31)40-16-8-9-26-45-40)28-39(29-38)44-48-42(35-12-4-2-5-13-35)47-43(49-44)36-14-6-3-7-15-36;1-30-13-14-37(29-47-30)31-15-17-32(18-16-31)38-25-39(33-19-21-36(22-20-33)43-45-23-8-24-46-43)27-40(26-38)44-48-41(34-9-4-2-5-10-34)28-42(49-44)35-11-6-3-7-12-35/h2-30H,1H3;2*2-29H,1H3. The fourth-order valence-corrected chi connectivity index (χ4v) is 18.0. The van der Waals surface area contributed by atoms with Gasteiger partial charge in [0.15, 0.2) is 29.1 Å². The third-order valence-electron chi connectivity index (χ3n) is 25.8. The van der Waals surface area contributed by atoms with Crippen molar-refractivity contribution in [2.24, 2.45) is 0 Å². The molecular formula is C133H94N14. The number of hydrogen-bond donors (Lipinski definition) is 0. The van der Waals surface area contributed by atoms with E-state index in [1.54, 1.807) is 24.9 Å². The molecule has 0 aliphatic carbocycles. The second-order valence-electron chi connectivity index (χ2n) is 35.9. The van der Waals surface area contributed by atoms with Crippen molar-refractivity contribution in [2.75, 3.05) is 0 Å². The molecule has 0 atom stereocenters. The summed E-state index contributed by atoms with van der Waals surface area (Å²) in [4.78, 5) is 66.3. The van der Waals surface area contributed by atoms with E-state index in [1.807, 2.05) is 203 Å². The highest BCUT2D eigenvalue weighted by atomic mass is 15.0. The van der Waals surface area contributed by atoms with Gasteiger partial charge < -0.3 is 0 Å². The van der Waals surface area contributed by atoms with E-state index in [1.165, 1.54) is 0 Å². The number of benzene rings is 15. The summed E-state index contributed by atoms with van der Waals surface area (Å²) in [6, 6.07) is 166. The molecule has 0 amide bonds. The van der Waals surface area contributed by atoms with Crippen LogP contribution in [0.25, 0.3) is 236 Å². The Kier molecular flexibility index (Phi) is 27.1. The van der Waals surface area contributed by atoms with Crippen LogP contribution >= 0.6 is 0 Å². The average Bonchev–Trinajstić information content (AvgIpc) is 0.784. The van der Waals surface area contributed by atoms with Gasteiger partial charge in [0.1, 0.15) is 6.33 Å². The summed E-state index contributed by atoms with van der Waals surface area (Å²) in [6.45, 7) is 6.04. The first-order valence-corrected chi connectivity index (χ1v) is 48.8. The number of aryl methyl sites for hydroxylation is 3. The largest absolute Gasteiger partial charge is 0.261 e. The Bertz CT molecular complexity index is 8160. The highest BCUT2D eigenvalue weighted by Gasteiger charge is 2.21. The summed E-state index contributed by atoms with van der Waals surface area (Å²) in [6.07, 6.45) is 10.6. The lowest BCUT2D eigenvalue weighted by atomic mass is 9.91. The quantitative estimate of drug-likeness (QED) is 0.0663. The highest BCUT2D eigenvalue weighted by Crippen LogP contribution is 2.43. The molecule has 9 heterocycles. The van der Waals surface area contributed by atoms with Crippen LogP contribution in [0, 0.1) is 20.8 Å². The maximum Gasteiger partial charge on any atom is 0.164 e. The highest BCUT2D eigenvalue weighted by molar-refractivity contribution is 5.89. The zero-order valence-electron chi connectivity index (χ0n) is 80.8. The smallest absolute Gasteiger partial charge is 0.164 e. The van der Waals surface area contributed by atoms with E-state index in [0.717, 1.165) is 224 Å². The molecular weight excluding hydrogens is 1790 g/mol. The molecule has 24 rings (SSSR count). The third kappa shape index (κ3) is 21.9. The molecule has 15 aromatic carbocycles. The minimum absolute atomic E-state index is 0.612. The van der Waals surface area contributed by atoms with Crippen molar-refractivity contribution in [2.45, 2.75) is 20.8 Å². The van der Waals surface area contributed by atoms with Gasteiger partial charge in [0.25, 0.3) is 0 Å². The van der Waals surface area contributed by atoms with Crippen LogP contribution < -0.4 is 0 Å². The summed E-state index contributed by atoms with van der Waals surface area (Å²) < 4.78 is 0. The fourth-order valence-electron chi connectivity index (χ4n) is 18.0. The molecule has 0 saturated carbocycles. The second kappa shape index (κ2) is 43.2. The molecule has 0 spiro atoms. The Morgan fingerprint density at radius 3 is 0.741 bits per heavy atom. The van der Waals surface area contributed by atoms with Crippen molar-refractivity contribution in [1.82, 2.24) is 69.8 Å². The average molecular weight is 1890 g/mol. The molecule has 0 bridgehead atoms. The monoisotopic (exact) mass is 1890 g/mol. The molecule has 0 aliphatic rings. The Morgan fingerprint density at radius 2 is 0.395 bits per heavy atom. The van der Waals surface area contributed by atoms with Crippen LogP contribution in [0.15, 0.2) is 517 Å². The van der Waals surface area contributed by atoms with Crippen LogP contribution in [-0.2, 0) is 0 Å². The summed E-state index contributed by atoms with van der Waals surface area (Å²) >= 11 is 0. The molecule has 0 aliphatic heterocycles. The Morgan fingerprint density at radius 1 is 0.122 bits per heavy atom. The maximum absolute atomic E-state index is 5.15. The zero-order chi connectivity index (χ0) is 99.0. The van der Waals surface area contributed by atoms with E-state index in [0.29, 0.717) is 29.1 Å². The number of hydrogen-bond acceptors (Lipinski definition) is 14. The normalized spacial score (nSPS) is 11.0. The minimum Gasteiger partial charge on any atom is -0.261 e. The van der Waals surface area contributed by atoms with Crippen LogP contribution in [0.4, 0.5) is 0 Å². The van der Waals surface area contributed by atoms with Crippen LogP contribution in [-0.4, -0.2) is 69.8 Å². The lowest BCUT2D eigenvalue weighted by Crippen LogP contribution is -2.00. The van der Waals surface area contributed by atoms with Crippen LogP contribution in [0.1, 0.15) is 17.1 Å². The fraction of sp³-hybridized carbons (Fsp3) is 0.0226. The van der Waals surface area contributed by atoms with Gasteiger partial charge in [-0.15, -0.1) is 0 Å². The predicted molar refractivity (Wildman–Crippen MR) is 597 cm³/mol. The van der Waals surface area contributed by atoms with Crippen molar-refractivity contribution in [3.05, 3.63) is 534 Å². The molecule has 14 heteroatoms. The van der Waals surface area contributed by atoms with Crippen molar-refractivity contribution in [3.8, 4) is 236 Å². The molecule has 0 saturated heterocycles. The van der Waals surface area contributed by atoms with Gasteiger partial charge in [-0.1, -0.05) is 352 Å². The van der Waals surface area contributed by atoms with Gasteiger partial charge >= 0.3 is 0 Å². The second-order valence-corrected chi connectivity index (χ2v) is 35.9. The van der Waals surface area contributed by atoms with Gasteiger partial charge in [-0.25, -0.2) is 49.8 Å². The molecule has 147 heavy (non-hydrogen) atoms. The minimum atomic E-state index is 0.612. The Labute approximate surface area is 854 Å². The molecule has 0 radical (unpaired) electrons. The van der Waals surface area contributed by atoms with Gasteiger partial charge in [0.05, 0.1) is 45.6 Å². The van der Waals surface area contributed by atoms with Gasteiger partial charge in [-0.05, 0) is 232 Å². The van der Waals surface area contributed by atoms with E-state index >= 15 is 0 Å². The van der Waals surface area contributed by atoms with Gasteiger partial charge in [0.2, 0.25) is 0 Å². The van der Waals surface area contributed by atoms with Gasteiger partial charge in [-0.2, -0.15) is 0 Å². The summed E-state index contributed by atoms with van der Waals surface area (Å²) in [5.74, 6) is 3.24. The molecule has 9 aromatic heterocycles. The first-order valence-electron chi connectivity index (χ1n) is 48.8. The summed E-state index contributed by atoms with van der Waals surface area (Å²) in [5.41, 5.74) is 41.2. The van der Waals surface area contributed by atoms with Crippen molar-refractivity contribution in [1.29, 1.82) is 0 Å². The number of aromatic nitrogens is 14. The van der Waals surface area contributed by atoms with Crippen molar-refractivity contribution < 1.29 is 0 Å². The summed E-state index contributed by atoms with van der Waals surface area (Å²) in [5, 5.41) is 0. The molecule has 14 nitrogen and oxygen atoms in total. The maximum atomic E-state index is 5.15. The van der Waals surface area contributed by atoms with Crippen molar-refractivity contribution in [3.63, 3.8) is 0 Å². The van der Waals surface area contributed by atoms with E-state index in [2.05, 4.69) is 339 Å². The third-order valence-corrected chi connectivity index (χ3v) is 25.8. The zero-order valence-corrected chi connectivity index (χ0v) is 80.8. The van der Waals surface area contributed by atoms with Crippen LogP contribution in [0.3, 0.4) is 0 Å². The summed E-state index contributed by atoms with van der Waals surface area (Å²) in [7, 11) is 0. The number of nitrogens with zero attached hydrogens (tertiary/aromatic N) is 14. The molecule has 0 N–H and O–H groups in total. The first-order chi connectivity index (χ1) is 72.5. The van der Waals surface area contributed by atoms with E-state index in [4.69, 9.17) is 39.9 Å². The van der Waals surface area contributed by atoms with E-state index < -0.39 is 0 Å². The van der Waals surface area contributed by atoms with Gasteiger partial charge in [0, 0.05) is 126 Å². The van der Waals surface area contributed by atoms with E-state index in [9.17, 15) is 0 Å². The SMILES string of the molecule is Cc1ccc(-c2ccc(-c3cc(-c4ccc(-c5ncccn5)cc4)cc(-c4nc(-c5ccccc5)cc(-c5ccccc5)n4)c3)cc2)cn1.Cc1cccc(-c2ccc(-c3cc(-c4ccc(-c5ccccn5)cc4)cc(-c4nc(-c5ccccc5)nc(-c5ccccc5)n4)c3)cc2)n1.Cc1cccc(-c2ccc(-c3cc(-c4ccc(-c5ccncn5)cc4)cc(-c4cc(-c5ccccc5)nc(-c5ccccc5)c4)c3)cc2)n1. The van der Waals surface area contributed by atoms with Gasteiger partial charge in [-0.3, -0.25) is 19.9 Å². The Balaban J connectivity index is 0.000000125. The Hall–Kier alpha value is -19.7. The predicted octanol–water partition coefficient (Wildman–Crippen LogP) is 32.5. The number of pyridine rings is 5. The topological polar surface area (TPSA) is 180 Å². The number of rotatable bonds is 21. The molecule has 24 aromatic rings. The molecule has 0 unspecified atom stereocenters. The van der Waals surface area contributed by atoms with E-state index in [-0.39, 0.29) is 0 Å². The molecule has 0 fully saturated rings.